The van der Waals surface area contributed by atoms with Gasteiger partial charge in [-0.2, -0.15) is 0 Å². The molecule has 112 valence electrons. The van der Waals surface area contributed by atoms with E-state index in [1.165, 1.54) is 18.7 Å². The Balaban J connectivity index is 2.77. The van der Waals surface area contributed by atoms with Crippen molar-refractivity contribution in [1.29, 1.82) is 0 Å². The Morgan fingerprint density at radius 2 is 2.00 bits per heavy atom. The number of carbonyl (C=O) groups excluding carboxylic acids is 3. The predicted octanol–water partition coefficient (Wildman–Crippen LogP) is -0.154. The zero-order chi connectivity index (χ0) is 15.3. The lowest BCUT2D eigenvalue weighted by Gasteiger charge is -2.26. The Hall–Kier alpha value is -1.57. The minimum absolute atomic E-state index is 0.108. The van der Waals surface area contributed by atoms with Crippen LogP contribution in [0.15, 0.2) is 0 Å². The first-order chi connectivity index (χ1) is 9.32. The molecule has 0 saturated carbocycles. The number of nitrogens with zero attached hydrogens (tertiary/aromatic N) is 1. The van der Waals surface area contributed by atoms with Crippen LogP contribution >= 0.6 is 11.8 Å². The van der Waals surface area contributed by atoms with Crippen LogP contribution < -0.4 is 5.32 Å². The van der Waals surface area contributed by atoms with Gasteiger partial charge in [0.05, 0.1) is 0 Å². The minimum Gasteiger partial charge on any atom is -0.480 e. The minimum atomic E-state index is -1.04. The van der Waals surface area contributed by atoms with Crippen LogP contribution in [0.3, 0.4) is 0 Å². The predicted molar refractivity (Wildman–Crippen MR) is 73.1 cm³/mol. The molecule has 1 fully saturated rings. The number of hydrogen-bond donors (Lipinski definition) is 2. The number of likely N-dealkylation sites (tertiary alicyclic amines) is 1. The van der Waals surface area contributed by atoms with Gasteiger partial charge in [0.25, 0.3) is 0 Å². The third kappa shape index (κ3) is 4.52. The van der Waals surface area contributed by atoms with E-state index >= 15 is 0 Å². The molecule has 1 saturated heterocycles. The van der Waals surface area contributed by atoms with Gasteiger partial charge in [-0.3, -0.25) is 14.4 Å². The van der Waals surface area contributed by atoms with Gasteiger partial charge in [0.2, 0.25) is 11.8 Å². The summed E-state index contributed by atoms with van der Waals surface area (Å²) >= 11 is 0.930. The number of nitrogens with one attached hydrogen (secondary N) is 1. The molecule has 7 nitrogen and oxygen atoms in total. The molecule has 1 unspecified atom stereocenters. The Kier molecular flexibility index (Phi) is 6.00. The number of carboxylic acids is 1. The molecular formula is C12H18N2O5S. The van der Waals surface area contributed by atoms with Gasteiger partial charge >= 0.3 is 5.97 Å². The maximum Gasteiger partial charge on any atom is 0.326 e. The smallest absolute Gasteiger partial charge is 0.326 e. The second-order valence-corrected chi connectivity index (χ2v) is 5.78. The van der Waals surface area contributed by atoms with Crippen molar-refractivity contribution in [3.63, 3.8) is 0 Å². The highest BCUT2D eigenvalue weighted by atomic mass is 32.2. The second kappa shape index (κ2) is 7.28. The average Bonchev–Trinajstić information content (AvgIpc) is 2.82. The quantitative estimate of drug-likeness (QED) is 0.732. The number of carbonyl (C=O) groups is 4. The summed E-state index contributed by atoms with van der Waals surface area (Å²) in [7, 11) is 0. The van der Waals surface area contributed by atoms with Crippen LogP contribution in [-0.4, -0.2) is 57.3 Å². The zero-order valence-corrected chi connectivity index (χ0v) is 12.2. The van der Waals surface area contributed by atoms with E-state index in [9.17, 15) is 19.2 Å². The summed E-state index contributed by atoms with van der Waals surface area (Å²) in [5.41, 5.74) is 0. The summed E-state index contributed by atoms with van der Waals surface area (Å²) in [6, 6.07) is -1.72. The maximum absolute atomic E-state index is 12.3. The van der Waals surface area contributed by atoms with E-state index in [0.29, 0.717) is 19.4 Å². The number of aliphatic carboxylic acids is 1. The van der Waals surface area contributed by atoms with Crippen LogP contribution in [0.2, 0.25) is 0 Å². The molecule has 1 aliphatic rings. The zero-order valence-electron chi connectivity index (χ0n) is 11.4. The maximum atomic E-state index is 12.3. The first-order valence-corrected chi connectivity index (χ1v) is 7.25. The molecule has 1 aliphatic heterocycles. The number of hydrogen-bond acceptors (Lipinski definition) is 5. The van der Waals surface area contributed by atoms with Crippen LogP contribution in [0.4, 0.5) is 0 Å². The van der Waals surface area contributed by atoms with Crippen molar-refractivity contribution in [2.75, 3.05) is 12.3 Å². The van der Waals surface area contributed by atoms with Gasteiger partial charge in [0.1, 0.15) is 12.1 Å². The lowest BCUT2D eigenvalue weighted by Crippen LogP contribution is -2.52. The largest absolute Gasteiger partial charge is 0.480 e. The fourth-order valence-corrected chi connectivity index (χ4v) is 2.74. The van der Waals surface area contributed by atoms with Crippen LogP contribution in [0.25, 0.3) is 0 Å². The van der Waals surface area contributed by atoms with Gasteiger partial charge in [-0.15, -0.1) is 0 Å². The van der Waals surface area contributed by atoms with Crippen molar-refractivity contribution in [2.24, 2.45) is 0 Å². The molecule has 0 aliphatic carbocycles. The molecular weight excluding hydrogens is 284 g/mol. The van der Waals surface area contributed by atoms with Crippen molar-refractivity contribution in [3.8, 4) is 0 Å². The van der Waals surface area contributed by atoms with E-state index in [4.69, 9.17) is 5.11 Å². The fourth-order valence-electron chi connectivity index (χ4n) is 2.11. The van der Waals surface area contributed by atoms with Crippen molar-refractivity contribution in [1.82, 2.24) is 10.2 Å². The fraction of sp³-hybridized carbons (Fsp3) is 0.667. The average molecular weight is 302 g/mol. The molecule has 8 heteroatoms. The Labute approximate surface area is 121 Å². The molecule has 0 bridgehead atoms. The molecule has 2 atom stereocenters. The SMILES string of the molecule is CC(=O)NC(CSC(C)=O)C(=O)N1CCC[C@H]1C(=O)O. The third-order valence-electron chi connectivity index (χ3n) is 2.95. The third-order valence-corrected chi connectivity index (χ3v) is 3.86. The molecule has 1 heterocycles. The van der Waals surface area contributed by atoms with Crippen LogP contribution in [0, 0.1) is 0 Å². The van der Waals surface area contributed by atoms with E-state index in [1.54, 1.807) is 0 Å². The molecule has 0 aromatic rings. The van der Waals surface area contributed by atoms with Crippen LogP contribution in [0.5, 0.6) is 0 Å². The molecule has 1 rings (SSSR count). The van der Waals surface area contributed by atoms with E-state index in [0.717, 1.165) is 11.8 Å². The lowest BCUT2D eigenvalue weighted by molar-refractivity contribution is -0.149. The molecule has 0 aromatic carbocycles. The Morgan fingerprint density at radius 1 is 1.35 bits per heavy atom. The number of carboxylic acid groups (broad SMARTS) is 1. The Morgan fingerprint density at radius 3 is 2.50 bits per heavy atom. The number of amides is 2. The summed E-state index contributed by atoms with van der Waals surface area (Å²) in [5.74, 6) is -1.77. The van der Waals surface area contributed by atoms with Gasteiger partial charge in [-0.1, -0.05) is 11.8 Å². The summed E-state index contributed by atoms with van der Waals surface area (Å²) in [4.78, 5) is 46.8. The first kappa shape index (κ1) is 16.5. The topological polar surface area (TPSA) is 104 Å². The van der Waals surface area contributed by atoms with Crippen molar-refractivity contribution < 1.29 is 24.3 Å². The summed E-state index contributed by atoms with van der Waals surface area (Å²) < 4.78 is 0. The molecule has 0 spiro atoms. The van der Waals surface area contributed by atoms with E-state index in [-0.39, 0.29) is 10.9 Å². The van der Waals surface area contributed by atoms with Crippen molar-refractivity contribution >= 4 is 34.7 Å². The summed E-state index contributed by atoms with van der Waals surface area (Å²) in [5, 5.41) is 11.4. The van der Waals surface area contributed by atoms with Gasteiger partial charge in [0.15, 0.2) is 5.12 Å². The summed E-state index contributed by atoms with van der Waals surface area (Å²) in [6.45, 7) is 3.00. The Bertz CT molecular complexity index is 426. The number of thioether (sulfide) groups is 1. The highest BCUT2D eigenvalue weighted by Crippen LogP contribution is 2.19. The van der Waals surface area contributed by atoms with E-state index in [2.05, 4.69) is 5.32 Å². The highest BCUT2D eigenvalue weighted by molar-refractivity contribution is 8.13. The monoisotopic (exact) mass is 302 g/mol. The summed E-state index contributed by atoms with van der Waals surface area (Å²) in [6.07, 6.45) is 1.03. The standard InChI is InChI=1S/C12H18N2O5S/c1-7(15)13-9(6-20-8(2)16)11(17)14-5-3-4-10(14)12(18)19/h9-10H,3-6H2,1-2H3,(H,13,15)(H,18,19)/t9?,10-/m0/s1. The number of rotatable bonds is 5. The normalized spacial score (nSPS) is 19.5. The van der Waals surface area contributed by atoms with Crippen molar-refractivity contribution in [3.05, 3.63) is 0 Å². The second-order valence-electron chi connectivity index (χ2n) is 4.58. The first-order valence-electron chi connectivity index (χ1n) is 6.26. The molecule has 0 radical (unpaired) electrons. The van der Waals surface area contributed by atoms with E-state index in [1.807, 2.05) is 0 Å². The van der Waals surface area contributed by atoms with Crippen LogP contribution in [0.1, 0.15) is 26.7 Å². The molecule has 20 heavy (non-hydrogen) atoms. The lowest BCUT2D eigenvalue weighted by atomic mass is 10.2. The van der Waals surface area contributed by atoms with Gasteiger partial charge in [0, 0.05) is 26.1 Å². The van der Waals surface area contributed by atoms with Crippen molar-refractivity contribution in [2.45, 2.75) is 38.8 Å². The van der Waals surface area contributed by atoms with Gasteiger partial charge < -0.3 is 15.3 Å². The van der Waals surface area contributed by atoms with Crippen LogP contribution in [-0.2, 0) is 19.2 Å². The van der Waals surface area contributed by atoms with Gasteiger partial charge in [-0.05, 0) is 12.8 Å². The molecule has 2 N–H and O–H groups in total. The van der Waals surface area contributed by atoms with Gasteiger partial charge in [-0.25, -0.2) is 4.79 Å². The van der Waals surface area contributed by atoms with E-state index < -0.39 is 29.9 Å². The highest BCUT2D eigenvalue weighted by Gasteiger charge is 2.37. The molecule has 0 aromatic heterocycles. The molecule has 2 amide bonds.